The standard InChI is InChI=1S/C13H7ClFN3O2/c14-7-1-4-11(19)9(5-7)13-17-12(18-20-13)10-3-2-8(15)6-16-10/h1-6,19H. The van der Waals surface area contributed by atoms with Gasteiger partial charge in [-0.25, -0.2) is 9.37 Å². The van der Waals surface area contributed by atoms with Gasteiger partial charge in [0, 0.05) is 5.02 Å². The van der Waals surface area contributed by atoms with Crippen LogP contribution in [0, 0.1) is 5.82 Å². The van der Waals surface area contributed by atoms with Crippen LogP contribution in [0.1, 0.15) is 0 Å². The number of pyridine rings is 1. The summed E-state index contributed by atoms with van der Waals surface area (Å²) in [4.78, 5) is 7.95. The van der Waals surface area contributed by atoms with Crippen LogP contribution in [0.4, 0.5) is 4.39 Å². The van der Waals surface area contributed by atoms with Crippen LogP contribution in [0.5, 0.6) is 5.75 Å². The van der Waals surface area contributed by atoms with Crippen molar-refractivity contribution in [3.05, 3.63) is 47.4 Å². The van der Waals surface area contributed by atoms with Crippen LogP contribution < -0.4 is 0 Å². The van der Waals surface area contributed by atoms with Gasteiger partial charge in [-0.05, 0) is 30.3 Å². The highest BCUT2D eigenvalue weighted by atomic mass is 35.5. The summed E-state index contributed by atoms with van der Waals surface area (Å²) in [6.07, 6.45) is 1.06. The Kier molecular flexibility index (Phi) is 3.08. The lowest BCUT2D eigenvalue weighted by atomic mass is 10.2. The van der Waals surface area contributed by atoms with Crippen LogP contribution in [0.3, 0.4) is 0 Å². The minimum absolute atomic E-state index is 0.0309. The molecule has 0 bridgehead atoms. The van der Waals surface area contributed by atoms with E-state index < -0.39 is 5.82 Å². The molecule has 100 valence electrons. The number of aromatic hydroxyl groups is 1. The molecule has 0 saturated carbocycles. The average molecular weight is 292 g/mol. The molecule has 5 nitrogen and oxygen atoms in total. The molecule has 0 aliphatic heterocycles. The predicted octanol–water partition coefficient (Wildman–Crippen LogP) is 3.30. The second-order valence-corrected chi connectivity index (χ2v) is 4.38. The monoisotopic (exact) mass is 291 g/mol. The van der Waals surface area contributed by atoms with Gasteiger partial charge in [0.15, 0.2) is 0 Å². The third-order valence-corrected chi connectivity index (χ3v) is 2.81. The molecule has 3 aromatic rings. The van der Waals surface area contributed by atoms with E-state index in [4.69, 9.17) is 16.1 Å². The van der Waals surface area contributed by atoms with Crippen LogP contribution >= 0.6 is 11.6 Å². The highest BCUT2D eigenvalue weighted by molar-refractivity contribution is 6.30. The normalized spacial score (nSPS) is 10.7. The molecule has 2 heterocycles. The maximum absolute atomic E-state index is 12.8. The number of benzene rings is 1. The minimum Gasteiger partial charge on any atom is -0.507 e. The first kappa shape index (κ1) is 12.6. The summed E-state index contributed by atoms with van der Waals surface area (Å²) in [6.45, 7) is 0. The predicted molar refractivity (Wildman–Crippen MR) is 69.6 cm³/mol. The van der Waals surface area contributed by atoms with Crippen molar-refractivity contribution in [1.82, 2.24) is 15.1 Å². The second-order valence-electron chi connectivity index (χ2n) is 3.95. The lowest BCUT2D eigenvalue weighted by molar-refractivity contribution is 0.425. The van der Waals surface area contributed by atoms with E-state index in [-0.39, 0.29) is 17.5 Å². The first-order chi connectivity index (χ1) is 9.63. The van der Waals surface area contributed by atoms with Crippen molar-refractivity contribution < 1.29 is 14.0 Å². The second kappa shape index (κ2) is 4.90. The van der Waals surface area contributed by atoms with Crippen molar-refractivity contribution in [3.63, 3.8) is 0 Å². The molecule has 0 amide bonds. The van der Waals surface area contributed by atoms with E-state index in [1.807, 2.05) is 0 Å². The number of rotatable bonds is 2. The number of nitrogens with zero attached hydrogens (tertiary/aromatic N) is 3. The van der Waals surface area contributed by atoms with E-state index >= 15 is 0 Å². The number of aromatic nitrogens is 3. The van der Waals surface area contributed by atoms with Crippen molar-refractivity contribution in [2.45, 2.75) is 0 Å². The molecule has 0 atom stereocenters. The van der Waals surface area contributed by atoms with Crippen LogP contribution in [0.15, 0.2) is 41.1 Å². The minimum atomic E-state index is -0.454. The molecule has 0 radical (unpaired) electrons. The Balaban J connectivity index is 2.01. The molecule has 0 fully saturated rings. The molecule has 20 heavy (non-hydrogen) atoms. The van der Waals surface area contributed by atoms with Crippen LogP contribution in [-0.2, 0) is 0 Å². The fourth-order valence-corrected chi connectivity index (χ4v) is 1.80. The largest absolute Gasteiger partial charge is 0.507 e. The first-order valence-corrected chi connectivity index (χ1v) is 5.96. The van der Waals surface area contributed by atoms with E-state index in [0.29, 0.717) is 16.3 Å². The summed E-state index contributed by atoms with van der Waals surface area (Å²) in [5.41, 5.74) is 0.682. The molecule has 1 N–H and O–H groups in total. The Morgan fingerprint density at radius 2 is 2.05 bits per heavy atom. The van der Waals surface area contributed by atoms with E-state index in [1.165, 1.54) is 24.3 Å². The number of phenols is 1. The van der Waals surface area contributed by atoms with Gasteiger partial charge in [-0.3, -0.25) is 0 Å². The van der Waals surface area contributed by atoms with E-state index in [9.17, 15) is 9.50 Å². The third-order valence-electron chi connectivity index (χ3n) is 2.57. The maximum Gasteiger partial charge on any atom is 0.262 e. The number of hydrogen-bond donors (Lipinski definition) is 1. The van der Waals surface area contributed by atoms with Gasteiger partial charge in [0.05, 0.1) is 11.8 Å². The van der Waals surface area contributed by atoms with Crippen molar-refractivity contribution >= 4 is 11.6 Å². The van der Waals surface area contributed by atoms with Crippen LogP contribution in [0.2, 0.25) is 5.02 Å². The Labute approximate surface area is 117 Å². The van der Waals surface area contributed by atoms with Gasteiger partial charge >= 0.3 is 0 Å². The summed E-state index contributed by atoms with van der Waals surface area (Å²) in [6, 6.07) is 7.15. The van der Waals surface area contributed by atoms with Crippen molar-refractivity contribution in [2.75, 3.05) is 0 Å². The van der Waals surface area contributed by atoms with Gasteiger partial charge in [-0.1, -0.05) is 16.8 Å². The van der Waals surface area contributed by atoms with Gasteiger partial charge < -0.3 is 9.63 Å². The number of halogens is 2. The molecule has 0 aliphatic rings. The number of hydrogen-bond acceptors (Lipinski definition) is 5. The summed E-state index contributed by atoms with van der Waals surface area (Å²) < 4.78 is 17.9. The Morgan fingerprint density at radius 3 is 2.80 bits per heavy atom. The molecule has 2 aromatic heterocycles. The SMILES string of the molecule is Oc1ccc(Cl)cc1-c1nc(-c2ccc(F)cn2)no1. The smallest absolute Gasteiger partial charge is 0.262 e. The fourth-order valence-electron chi connectivity index (χ4n) is 1.62. The lowest BCUT2D eigenvalue weighted by Gasteiger charge is -1.98. The highest BCUT2D eigenvalue weighted by Gasteiger charge is 2.15. The zero-order valence-corrected chi connectivity index (χ0v) is 10.7. The Morgan fingerprint density at radius 1 is 1.20 bits per heavy atom. The molecule has 3 rings (SSSR count). The van der Waals surface area contributed by atoms with E-state index in [1.54, 1.807) is 6.07 Å². The summed E-state index contributed by atoms with van der Waals surface area (Å²) in [5, 5.41) is 13.9. The molecule has 1 aromatic carbocycles. The maximum atomic E-state index is 12.8. The van der Waals surface area contributed by atoms with Crippen molar-refractivity contribution in [3.8, 4) is 28.7 Å². The Hall–Kier alpha value is -2.47. The van der Waals surface area contributed by atoms with Gasteiger partial charge in [-0.15, -0.1) is 0 Å². The average Bonchev–Trinajstić information content (AvgIpc) is 2.92. The molecule has 0 aliphatic carbocycles. The zero-order valence-electron chi connectivity index (χ0n) is 9.92. The summed E-state index contributed by atoms with van der Waals surface area (Å²) >= 11 is 5.85. The fraction of sp³-hybridized carbons (Fsp3) is 0. The highest BCUT2D eigenvalue weighted by Crippen LogP contribution is 2.31. The van der Waals surface area contributed by atoms with E-state index in [2.05, 4.69) is 15.1 Å². The summed E-state index contributed by atoms with van der Waals surface area (Å²) in [7, 11) is 0. The van der Waals surface area contributed by atoms with Crippen molar-refractivity contribution in [1.29, 1.82) is 0 Å². The molecular weight excluding hydrogens is 285 g/mol. The zero-order chi connectivity index (χ0) is 14.1. The topological polar surface area (TPSA) is 72.0 Å². The quantitative estimate of drug-likeness (QED) is 0.784. The molecule has 0 saturated heterocycles. The Bertz CT molecular complexity index is 759. The molecule has 7 heteroatoms. The van der Waals surface area contributed by atoms with E-state index in [0.717, 1.165) is 6.20 Å². The molecular formula is C13H7ClFN3O2. The first-order valence-electron chi connectivity index (χ1n) is 5.58. The summed E-state index contributed by atoms with van der Waals surface area (Å²) in [5.74, 6) is -0.188. The number of phenolic OH excluding ortho intramolecular Hbond substituents is 1. The third kappa shape index (κ3) is 2.33. The van der Waals surface area contributed by atoms with Gasteiger partial charge in [0.25, 0.3) is 5.89 Å². The lowest BCUT2D eigenvalue weighted by Crippen LogP contribution is -1.86. The van der Waals surface area contributed by atoms with Crippen LogP contribution in [-0.4, -0.2) is 20.2 Å². The van der Waals surface area contributed by atoms with Crippen LogP contribution in [0.25, 0.3) is 23.0 Å². The van der Waals surface area contributed by atoms with Gasteiger partial charge in [-0.2, -0.15) is 4.98 Å². The van der Waals surface area contributed by atoms with Crippen molar-refractivity contribution in [2.24, 2.45) is 0 Å². The molecule has 0 unspecified atom stereocenters. The van der Waals surface area contributed by atoms with Gasteiger partial charge in [0.2, 0.25) is 5.82 Å². The molecule has 0 spiro atoms. The van der Waals surface area contributed by atoms with Gasteiger partial charge in [0.1, 0.15) is 17.3 Å².